The highest BCUT2D eigenvalue weighted by Gasteiger charge is 2.19. The molecule has 1 N–H and O–H groups in total. The SMILES string of the molecule is CN(Cc1nc2ccccc2[nH]c1=O)C1CCCCC1. The summed E-state index contributed by atoms with van der Waals surface area (Å²) >= 11 is 0. The summed E-state index contributed by atoms with van der Waals surface area (Å²) in [4.78, 5) is 21.8. The fourth-order valence-corrected chi connectivity index (χ4v) is 3.06. The predicted molar refractivity (Wildman–Crippen MR) is 80.7 cm³/mol. The second-order valence-corrected chi connectivity index (χ2v) is 5.74. The van der Waals surface area contributed by atoms with E-state index in [1.807, 2.05) is 24.3 Å². The largest absolute Gasteiger partial charge is 0.319 e. The Morgan fingerprint density at radius 1 is 1.25 bits per heavy atom. The smallest absolute Gasteiger partial charge is 0.271 e. The second-order valence-electron chi connectivity index (χ2n) is 5.74. The lowest BCUT2D eigenvalue weighted by atomic mass is 9.94. The van der Waals surface area contributed by atoms with Gasteiger partial charge in [0, 0.05) is 12.6 Å². The van der Waals surface area contributed by atoms with Gasteiger partial charge in [-0.1, -0.05) is 31.4 Å². The fraction of sp³-hybridized carbons (Fsp3) is 0.500. The molecular weight excluding hydrogens is 250 g/mol. The van der Waals surface area contributed by atoms with E-state index < -0.39 is 0 Å². The van der Waals surface area contributed by atoms with Crippen LogP contribution in [0.4, 0.5) is 0 Å². The molecule has 0 amide bonds. The first-order valence-electron chi connectivity index (χ1n) is 7.42. The zero-order valence-electron chi connectivity index (χ0n) is 11.9. The molecule has 1 aromatic heterocycles. The zero-order chi connectivity index (χ0) is 13.9. The fourth-order valence-electron chi connectivity index (χ4n) is 3.06. The van der Waals surface area contributed by atoms with Crippen molar-refractivity contribution in [2.75, 3.05) is 7.05 Å². The number of nitrogens with one attached hydrogen (secondary N) is 1. The van der Waals surface area contributed by atoms with Crippen LogP contribution in [0.2, 0.25) is 0 Å². The van der Waals surface area contributed by atoms with Crippen LogP contribution in [-0.2, 0) is 6.54 Å². The summed E-state index contributed by atoms with van der Waals surface area (Å²) in [5.41, 5.74) is 2.23. The lowest BCUT2D eigenvalue weighted by Gasteiger charge is -2.30. The van der Waals surface area contributed by atoms with Crippen molar-refractivity contribution < 1.29 is 0 Å². The van der Waals surface area contributed by atoms with E-state index in [4.69, 9.17) is 0 Å². The van der Waals surface area contributed by atoms with E-state index in [9.17, 15) is 4.79 Å². The molecule has 1 heterocycles. The maximum Gasteiger partial charge on any atom is 0.271 e. The maximum atomic E-state index is 12.1. The number of hydrogen-bond acceptors (Lipinski definition) is 3. The average Bonchev–Trinajstić information content (AvgIpc) is 2.49. The highest BCUT2D eigenvalue weighted by molar-refractivity contribution is 5.73. The van der Waals surface area contributed by atoms with Gasteiger partial charge in [0.1, 0.15) is 5.69 Å². The lowest BCUT2D eigenvalue weighted by Crippen LogP contribution is -2.35. The molecule has 0 aliphatic heterocycles. The van der Waals surface area contributed by atoms with Crippen LogP contribution < -0.4 is 5.56 Å². The normalized spacial score (nSPS) is 16.9. The van der Waals surface area contributed by atoms with Gasteiger partial charge in [-0.05, 0) is 32.0 Å². The molecule has 1 aliphatic carbocycles. The molecule has 106 valence electrons. The van der Waals surface area contributed by atoms with Crippen LogP contribution in [0.25, 0.3) is 11.0 Å². The molecule has 4 heteroatoms. The summed E-state index contributed by atoms with van der Waals surface area (Å²) in [5.74, 6) is 0. The monoisotopic (exact) mass is 271 g/mol. The molecule has 1 aliphatic rings. The minimum atomic E-state index is -0.0636. The van der Waals surface area contributed by atoms with Crippen LogP contribution in [0, 0.1) is 0 Å². The van der Waals surface area contributed by atoms with Crippen molar-refractivity contribution in [2.24, 2.45) is 0 Å². The number of H-pyrrole nitrogens is 1. The molecule has 0 bridgehead atoms. The third-order valence-corrected chi connectivity index (χ3v) is 4.27. The quantitative estimate of drug-likeness (QED) is 0.933. The highest BCUT2D eigenvalue weighted by atomic mass is 16.1. The second kappa shape index (κ2) is 5.75. The highest BCUT2D eigenvalue weighted by Crippen LogP contribution is 2.22. The first-order valence-corrected chi connectivity index (χ1v) is 7.42. The van der Waals surface area contributed by atoms with E-state index in [0.717, 1.165) is 11.0 Å². The zero-order valence-corrected chi connectivity index (χ0v) is 11.9. The topological polar surface area (TPSA) is 49.0 Å². The molecule has 0 radical (unpaired) electrons. The lowest BCUT2D eigenvalue weighted by molar-refractivity contribution is 0.182. The van der Waals surface area contributed by atoms with Gasteiger partial charge in [-0.2, -0.15) is 0 Å². The van der Waals surface area contributed by atoms with E-state index in [2.05, 4.69) is 21.9 Å². The van der Waals surface area contributed by atoms with Crippen molar-refractivity contribution in [3.8, 4) is 0 Å². The molecular formula is C16H21N3O. The van der Waals surface area contributed by atoms with Crippen molar-refractivity contribution >= 4 is 11.0 Å². The van der Waals surface area contributed by atoms with Gasteiger partial charge >= 0.3 is 0 Å². The first kappa shape index (κ1) is 13.3. The van der Waals surface area contributed by atoms with Crippen LogP contribution in [0.15, 0.2) is 29.1 Å². The summed E-state index contributed by atoms with van der Waals surface area (Å²) in [6, 6.07) is 8.28. The maximum absolute atomic E-state index is 12.1. The molecule has 20 heavy (non-hydrogen) atoms. The van der Waals surface area contributed by atoms with E-state index >= 15 is 0 Å². The van der Waals surface area contributed by atoms with Gasteiger partial charge in [-0.15, -0.1) is 0 Å². The minimum Gasteiger partial charge on any atom is -0.319 e. The van der Waals surface area contributed by atoms with Crippen LogP contribution in [0.5, 0.6) is 0 Å². The summed E-state index contributed by atoms with van der Waals surface area (Å²) < 4.78 is 0. The number of para-hydroxylation sites is 2. The number of aromatic amines is 1. The van der Waals surface area contributed by atoms with Gasteiger partial charge in [0.15, 0.2) is 0 Å². The average molecular weight is 271 g/mol. The minimum absolute atomic E-state index is 0.0636. The number of nitrogens with zero attached hydrogens (tertiary/aromatic N) is 2. The van der Waals surface area contributed by atoms with E-state index in [0.29, 0.717) is 18.3 Å². The third-order valence-electron chi connectivity index (χ3n) is 4.27. The van der Waals surface area contributed by atoms with Crippen LogP contribution in [-0.4, -0.2) is 28.0 Å². The molecule has 1 saturated carbocycles. The molecule has 0 saturated heterocycles. The van der Waals surface area contributed by atoms with Gasteiger partial charge in [-0.3, -0.25) is 9.69 Å². The Hall–Kier alpha value is -1.68. The molecule has 2 aromatic rings. The van der Waals surface area contributed by atoms with Crippen LogP contribution >= 0.6 is 0 Å². The Labute approximate surface area is 118 Å². The first-order chi connectivity index (χ1) is 9.74. The van der Waals surface area contributed by atoms with Crippen molar-refractivity contribution in [1.29, 1.82) is 0 Å². The van der Waals surface area contributed by atoms with Crippen molar-refractivity contribution in [3.05, 3.63) is 40.3 Å². The van der Waals surface area contributed by atoms with Crippen LogP contribution in [0.3, 0.4) is 0 Å². The Morgan fingerprint density at radius 3 is 2.80 bits per heavy atom. The van der Waals surface area contributed by atoms with Crippen molar-refractivity contribution in [3.63, 3.8) is 0 Å². The summed E-state index contributed by atoms with van der Waals surface area (Å²) in [7, 11) is 2.10. The number of fused-ring (bicyclic) bond motifs is 1. The predicted octanol–water partition coefficient (Wildman–Crippen LogP) is 2.69. The molecule has 0 unspecified atom stereocenters. The van der Waals surface area contributed by atoms with E-state index in [1.54, 1.807) is 0 Å². The number of benzene rings is 1. The summed E-state index contributed by atoms with van der Waals surface area (Å²) in [6.45, 7) is 0.630. The van der Waals surface area contributed by atoms with Gasteiger partial charge in [0.05, 0.1) is 11.0 Å². The summed E-state index contributed by atoms with van der Waals surface area (Å²) in [5, 5.41) is 0. The Morgan fingerprint density at radius 2 is 2.00 bits per heavy atom. The molecule has 1 aromatic carbocycles. The summed E-state index contributed by atoms with van der Waals surface area (Å²) in [6.07, 6.45) is 6.43. The molecule has 1 fully saturated rings. The van der Waals surface area contributed by atoms with E-state index in [-0.39, 0.29) is 5.56 Å². The number of aromatic nitrogens is 2. The van der Waals surface area contributed by atoms with E-state index in [1.165, 1.54) is 32.1 Å². The standard InChI is InChI=1S/C16H21N3O/c1-19(12-7-3-2-4-8-12)11-15-16(20)18-14-10-6-5-9-13(14)17-15/h5-6,9-10,12H,2-4,7-8,11H2,1H3,(H,18,20). The number of rotatable bonds is 3. The van der Waals surface area contributed by atoms with Crippen molar-refractivity contribution in [2.45, 2.75) is 44.7 Å². The van der Waals surface area contributed by atoms with Gasteiger partial charge < -0.3 is 4.98 Å². The van der Waals surface area contributed by atoms with Gasteiger partial charge in [0.25, 0.3) is 5.56 Å². The van der Waals surface area contributed by atoms with Crippen LogP contribution in [0.1, 0.15) is 37.8 Å². The Kier molecular flexibility index (Phi) is 3.83. The van der Waals surface area contributed by atoms with Gasteiger partial charge in [0.2, 0.25) is 0 Å². The Bertz CT molecular complexity index is 643. The Balaban J connectivity index is 1.82. The van der Waals surface area contributed by atoms with Gasteiger partial charge in [-0.25, -0.2) is 4.98 Å². The van der Waals surface area contributed by atoms with Crippen molar-refractivity contribution in [1.82, 2.24) is 14.9 Å². The number of hydrogen-bond donors (Lipinski definition) is 1. The molecule has 0 atom stereocenters. The third kappa shape index (κ3) is 2.75. The molecule has 3 rings (SSSR count). The molecule has 4 nitrogen and oxygen atoms in total. The molecule has 0 spiro atoms.